The van der Waals surface area contributed by atoms with E-state index in [1.165, 1.54) is 12.1 Å². The van der Waals surface area contributed by atoms with E-state index in [-0.39, 0.29) is 10.6 Å². The van der Waals surface area contributed by atoms with Gasteiger partial charge in [-0.05, 0) is 28.1 Å². The molecule has 20 heavy (non-hydrogen) atoms. The van der Waals surface area contributed by atoms with E-state index in [4.69, 9.17) is 23.2 Å². The number of halogens is 5. The van der Waals surface area contributed by atoms with Gasteiger partial charge in [-0.1, -0.05) is 53.5 Å². The van der Waals surface area contributed by atoms with Crippen LogP contribution in [0.4, 0.5) is 14.5 Å². The van der Waals surface area contributed by atoms with E-state index in [1.54, 1.807) is 30.3 Å². The van der Waals surface area contributed by atoms with Crippen molar-refractivity contribution in [3.05, 3.63) is 62.5 Å². The minimum Gasteiger partial charge on any atom is -0.377 e. The van der Waals surface area contributed by atoms with Crippen LogP contribution in [0.2, 0.25) is 10.0 Å². The third-order valence-electron chi connectivity index (χ3n) is 2.73. The molecule has 2 rings (SSSR count). The fourth-order valence-corrected chi connectivity index (χ4v) is 2.49. The summed E-state index contributed by atoms with van der Waals surface area (Å²) >= 11 is 15.2. The van der Waals surface area contributed by atoms with Crippen molar-refractivity contribution in [1.29, 1.82) is 0 Å². The average molecular weight is 381 g/mol. The van der Waals surface area contributed by atoms with Crippen LogP contribution in [0, 0.1) is 0 Å². The topological polar surface area (TPSA) is 12.0 Å². The summed E-state index contributed by atoms with van der Waals surface area (Å²) in [6.07, 6.45) is 0. The van der Waals surface area contributed by atoms with Crippen LogP contribution in [0.5, 0.6) is 0 Å². The van der Waals surface area contributed by atoms with E-state index in [0.29, 0.717) is 15.2 Å². The van der Waals surface area contributed by atoms with Gasteiger partial charge in [-0.25, -0.2) is 0 Å². The Morgan fingerprint density at radius 2 is 1.65 bits per heavy atom. The highest BCUT2D eigenvalue weighted by atomic mass is 79.9. The van der Waals surface area contributed by atoms with E-state index in [0.717, 1.165) is 0 Å². The second-order valence-corrected chi connectivity index (χ2v) is 5.76. The Bertz CT molecular complexity index is 606. The molecule has 0 aromatic heterocycles. The van der Waals surface area contributed by atoms with Crippen molar-refractivity contribution in [3.63, 3.8) is 0 Å². The lowest BCUT2D eigenvalue weighted by Gasteiger charge is -2.19. The first-order valence-electron chi connectivity index (χ1n) is 5.72. The van der Waals surface area contributed by atoms with Gasteiger partial charge in [0, 0.05) is 10.0 Å². The Morgan fingerprint density at radius 1 is 1.00 bits per heavy atom. The van der Waals surface area contributed by atoms with Gasteiger partial charge >= 0.3 is 0 Å². The molecule has 1 nitrogen and oxygen atoms in total. The zero-order valence-corrected chi connectivity index (χ0v) is 13.2. The highest BCUT2D eigenvalue weighted by molar-refractivity contribution is 9.10. The average Bonchev–Trinajstić information content (AvgIpc) is 2.45. The molecule has 2 aromatic rings. The number of nitrogens with one attached hydrogen (secondary N) is 1. The first-order chi connectivity index (χ1) is 9.42. The van der Waals surface area contributed by atoms with Crippen molar-refractivity contribution in [2.45, 2.75) is 5.92 Å². The summed E-state index contributed by atoms with van der Waals surface area (Å²) in [4.78, 5) is 0. The molecule has 0 aliphatic rings. The Hall–Kier alpha value is -0.840. The molecule has 0 atom stereocenters. The number of hydrogen-bond donors (Lipinski definition) is 1. The molecule has 106 valence electrons. The summed E-state index contributed by atoms with van der Waals surface area (Å²) in [6.45, 7) is -0.561. The quantitative estimate of drug-likeness (QED) is 0.645. The minimum absolute atomic E-state index is 0.0492. The van der Waals surface area contributed by atoms with Crippen LogP contribution in [-0.4, -0.2) is 6.54 Å². The summed E-state index contributed by atoms with van der Waals surface area (Å²) in [7, 11) is 0. The monoisotopic (exact) mass is 379 g/mol. The van der Waals surface area contributed by atoms with Crippen molar-refractivity contribution in [2.24, 2.45) is 0 Å². The van der Waals surface area contributed by atoms with Gasteiger partial charge in [0.2, 0.25) is 0 Å². The molecule has 0 unspecified atom stereocenters. The van der Waals surface area contributed by atoms with Crippen molar-refractivity contribution in [2.75, 3.05) is 11.9 Å². The lowest BCUT2D eigenvalue weighted by Crippen LogP contribution is -2.24. The first-order valence-corrected chi connectivity index (χ1v) is 7.27. The standard InChI is InChI=1S/C14H10BrCl2F2N/c15-10-6-7-11(13(17)12(10)16)20-8-14(18,19)9-4-2-1-3-5-9/h1-7,20H,8H2. The van der Waals surface area contributed by atoms with Gasteiger partial charge in [-0.15, -0.1) is 0 Å². The molecule has 0 bridgehead atoms. The van der Waals surface area contributed by atoms with Gasteiger partial charge in [-0.3, -0.25) is 0 Å². The summed E-state index contributed by atoms with van der Waals surface area (Å²) in [5, 5.41) is 3.14. The fourth-order valence-electron chi connectivity index (χ4n) is 1.65. The lowest BCUT2D eigenvalue weighted by molar-refractivity contribution is 0.0106. The van der Waals surface area contributed by atoms with Crippen LogP contribution in [0.15, 0.2) is 46.9 Å². The molecule has 2 aromatic carbocycles. The maximum atomic E-state index is 14.0. The van der Waals surface area contributed by atoms with Crippen molar-refractivity contribution in [1.82, 2.24) is 0 Å². The fraction of sp³-hybridized carbons (Fsp3) is 0.143. The SMILES string of the molecule is FC(F)(CNc1ccc(Br)c(Cl)c1Cl)c1ccccc1. The zero-order valence-electron chi connectivity index (χ0n) is 10.1. The largest absolute Gasteiger partial charge is 0.377 e. The third-order valence-corrected chi connectivity index (χ3v) is 4.50. The Kier molecular flexibility index (Phi) is 4.89. The molecule has 0 spiro atoms. The number of benzene rings is 2. The maximum absolute atomic E-state index is 14.0. The predicted molar refractivity (Wildman–Crippen MR) is 83.0 cm³/mol. The van der Waals surface area contributed by atoms with Gasteiger partial charge in [0.25, 0.3) is 5.92 Å². The second-order valence-electron chi connectivity index (χ2n) is 4.15. The summed E-state index contributed by atoms with van der Waals surface area (Å²) in [6, 6.07) is 10.9. The van der Waals surface area contributed by atoms with Crippen molar-refractivity contribution < 1.29 is 8.78 Å². The molecule has 0 radical (unpaired) electrons. The van der Waals surface area contributed by atoms with Crippen molar-refractivity contribution in [3.8, 4) is 0 Å². The highest BCUT2D eigenvalue weighted by Gasteiger charge is 2.31. The normalized spacial score (nSPS) is 11.4. The van der Waals surface area contributed by atoms with E-state index < -0.39 is 12.5 Å². The number of hydrogen-bond acceptors (Lipinski definition) is 1. The van der Waals surface area contributed by atoms with Crippen LogP contribution in [0.3, 0.4) is 0 Å². The molecule has 0 aliphatic carbocycles. The van der Waals surface area contributed by atoms with Gasteiger partial charge in [-0.2, -0.15) is 8.78 Å². The van der Waals surface area contributed by atoms with Crippen molar-refractivity contribution >= 4 is 44.8 Å². The molecule has 0 saturated heterocycles. The van der Waals surface area contributed by atoms with Gasteiger partial charge in [0.15, 0.2) is 0 Å². The number of alkyl halides is 2. The summed E-state index contributed by atoms with van der Waals surface area (Å²) in [5.74, 6) is -3.00. The smallest absolute Gasteiger partial charge is 0.290 e. The Balaban J connectivity index is 2.15. The van der Waals surface area contributed by atoms with E-state index in [2.05, 4.69) is 21.2 Å². The molecule has 0 amide bonds. The van der Waals surface area contributed by atoms with E-state index in [9.17, 15) is 8.78 Å². The van der Waals surface area contributed by atoms with Crippen LogP contribution in [-0.2, 0) is 5.92 Å². The van der Waals surface area contributed by atoms with Crippen LogP contribution in [0.25, 0.3) is 0 Å². The maximum Gasteiger partial charge on any atom is 0.290 e. The minimum atomic E-state index is -3.00. The molecule has 0 aliphatic heterocycles. The molecule has 1 N–H and O–H groups in total. The molecule has 6 heteroatoms. The Morgan fingerprint density at radius 3 is 2.30 bits per heavy atom. The van der Waals surface area contributed by atoms with Crippen LogP contribution < -0.4 is 5.32 Å². The highest BCUT2D eigenvalue weighted by Crippen LogP contribution is 2.37. The molecule has 0 fully saturated rings. The van der Waals surface area contributed by atoms with E-state index >= 15 is 0 Å². The molecular weight excluding hydrogens is 371 g/mol. The van der Waals surface area contributed by atoms with E-state index in [1.807, 2.05) is 0 Å². The predicted octanol–water partition coefficient (Wildman–Crippen LogP) is 5.96. The van der Waals surface area contributed by atoms with Crippen LogP contribution >= 0.6 is 39.1 Å². The summed E-state index contributed by atoms with van der Waals surface area (Å²) < 4.78 is 28.6. The first kappa shape index (κ1) is 15.5. The third kappa shape index (κ3) is 3.43. The van der Waals surface area contributed by atoms with Gasteiger partial charge in [0.1, 0.15) is 0 Å². The number of rotatable bonds is 4. The van der Waals surface area contributed by atoms with Gasteiger partial charge < -0.3 is 5.32 Å². The second kappa shape index (κ2) is 6.29. The molecule has 0 heterocycles. The van der Waals surface area contributed by atoms with Gasteiger partial charge in [0.05, 0.1) is 22.3 Å². The lowest BCUT2D eigenvalue weighted by atomic mass is 10.1. The number of anilines is 1. The molecule has 0 saturated carbocycles. The molecular formula is C14H10BrCl2F2N. The zero-order chi connectivity index (χ0) is 14.8. The Labute approximate surface area is 134 Å². The summed E-state index contributed by atoms with van der Waals surface area (Å²) in [5.41, 5.74) is 0.322. The van der Waals surface area contributed by atoms with Crippen LogP contribution in [0.1, 0.15) is 5.56 Å².